The highest BCUT2D eigenvalue weighted by molar-refractivity contribution is 7.90. The van der Waals surface area contributed by atoms with E-state index in [-0.39, 0.29) is 4.90 Å². The molecule has 0 N–H and O–H groups in total. The van der Waals surface area contributed by atoms with E-state index in [0.717, 1.165) is 29.5 Å². The molecule has 2 heterocycles. The van der Waals surface area contributed by atoms with Crippen LogP contribution in [0.1, 0.15) is 5.56 Å². The second-order valence-electron chi connectivity index (χ2n) is 6.94. The predicted octanol–water partition coefficient (Wildman–Crippen LogP) is 2.98. The normalized spacial score (nSPS) is 14.4. The fourth-order valence-electron chi connectivity index (χ4n) is 3.60. The van der Waals surface area contributed by atoms with Crippen LogP contribution in [-0.4, -0.2) is 52.1 Å². The molecule has 1 aromatic heterocycles. The van der Waals surface area contributed by atoms with E-state index < -0.39 is 10.0 Å². The standard InChI is InChI=1S/C20H22N2O4S/c1-21(2)8-7-13-12-22-20-16(13)10-15(26-4)11-18(20)17-9-14(25-3)5-6-19(17)27(22,23)24/h5-6,9-12H,7-8H2,1-4H3. The Bertz CT molecular complexity index is 1150. The highest BCUT2D eigenvalue weighted by Gasteiger charge is 2.32. The molecule has 0 saturated carbocycles. The zero-order chi connectivity index (χ0) is 19.3. The van der Waals surface area contributed by atoms with E-state index in [1.165, 1.54) is 3.97 Å². The Morgan fingerprint density at radius 3 is 2.37 bits per heavy atom. The Morgan fingerprint density at radius 1 is 1.00 bits per heavy atom. The first-order valence-corrected chi connectivity index (χ1v) is 10.1. The van der Waals surface area contributed by atoms with E-state index in [9.17, 15) is 8.42 Å². The van der Waals surface area contributed by atoms with Gasteiger partial charge in [-0.3, -0.25) is 0 Å². The van der Waals surface area contributed by atoms with Crippen LogP contribution < -0.4 is 9.47 Å². The Balaban J connectivity index is 2.07. The molecule has 0 spiro atoms. The molecule has 0 amide bonds. The number of fused-ring (bicyclic) bond motifs is 2. The lowest BCUT2D eigenvalue weighted by Crippen LogP contribution is -2.17. The van der Waals surface area contributed by atoms with Crippen LogP contribution in [0.3, 0.4) is 0 Å². The van der Waals surface area contributed by atoms with Gasteiger partial charge in [-0.2, -0.15) is 0 Å². The number of aromatic nitrogens is 1. The Hall–Kier alpha value is -2.51. The molecule has 3 aromatic rings. The van der Waals surface area contributed by atoms with Crippen molar-refractivity contribution < 1.29 is 17.9 Å². The van der Waals surface area contributed by atoms with Gasteiger partial charge in [0.2, 0.25) is 0 Å². The molecule has 0 bridgehead atoms. The van der Waals surface area contributed by atoms with Gasteiger partial charge in [-0.1, -0.05) is 0 Å². The van der Waals surface area contributed by atoms with Crippen LogP contribution in [0.4, 0.5) is 0 Å². The van der Waals surface area contributed by atoms with Crippen LogP contribution in [0.2, 0.25) is 0 Å². The van der Waals surface area contributed by atoms with Gasteiger partial charge in [-0.05, 0) is 56.4 Å². The monoisotopic (exact) mass is 386 g/mol. The Morgan fingerprint density at radius 2 is 1.70 bits per heavy atom. The molecular weight excluding hydrogens is 364 g/mol. The molecule has 27 heavy (non-hydrogen) atoms. The van der Waals surface area contributed by atoms with Crippen molar-refractivity contribution >= 4 is 20.9 Å². The van der Waals surface area contributed by atoms with Crippen LogP contribution in [0, 0.1) is 0 Å². The highest BCUT2D eigenvalue weighted by atomic mass is 32.2. The molecule has 2 aromatic carbocycles. The molecule has 0 fully saturated rings. The summed E-state index contributed by atoms with van der Waals surface area (Å²) < 4.78 is 38.8. The Kier molecular flexibility index (Phi) is 4.16. The lowest BCUT2D eigenvalue weighted by molar-refractivity contribution is 0.413. The van der Waals surface area contributed by atoms with Gasteiger partial charge in [0.05, 0.1) is 24.6 Å². The van der Waals surface area contributed by atoms with Crippen LogP contribution >= 0.6 is 0 Å². The number of hydrogen-bond donors (Lipinski definition) is 0. The van der Waals surface area contributed by atoms with Gasteiger partial charge in [0.1, 0.15) is 11.5 Å². The summed E-state index contributed by atoms with van der Waals surface area (Å²) in [4.78, 5) is 2.36. The first-order chi connectivity index (χ1) is 12.9. The zero-order valence-corrected chi connectivity index (χ0v) is 16.6. The molecule has 6 nitrogen and oxygen atoms in total. The minimum absolute atomic E-state index is 0.278. The molecule has 4 rings (SSSR count). The van der Waals surface area contributed by atoms with E-state index in [4.69, 9.17) is 9.47 Å². The fraction of sp³-hybridized carbons (Fsp3) is 0.300. The third-order valence-electron chi connectivity index (χ3n) is 5.00. The number of likely N-dealkylation sites (N-methyl/N-ethyl adjacent to an activating group) is 1. The Labute approximate surface area is 159 Å². The predicted molar refractivity (Wildman–Crippen MR) is 105 cm³/mol. The first-order valence-electron chi connectivity index (χ1n) is 8.67. The summed E-state index contributed by atoms with van der Waals surface area (Å²) in [6.45, 7) is 0.826. The smallest absolute Gasteiger partial charge is 0.268 e. The van der Waals surface area contributed by atoms with Crippen molar-refractivity contribution in [2.75, 3.05) is 34.9 Å². The maximum absolute atomic E-state index is 13.3. The molecule has 1 aliphatic rings. The average molecular weight is 386 g/mol. The summed E-state index contributed by atoms with van der Waals surface area (Å²) >= 11 is 0. The van der Waals surface area contributed by atoms with Crippen LogP contribution in [-0.2, 0) is 16.4 Å². The van der Waals surface area contributed by atoms with Crippen molar-refractivity contribution in [1.82, 2.24) is 8.87 Å². The molecule has 0 saturated heterocycles. The van der Waals surface area contributed by atoms with Crippen molar-refractivity contribution in [2.45, 2.75) is 11.3 Å². The fourth-order valence-corrected chi connectivity index (χ4v) is 5.20. The molecule has 0 radical (unpaired) electrons. The quantitative estimate of drug-likeness (QED) is 0.528. The number of hydrogen-bond acceptors (Lipinski definition) is 5. The summed E-state index contributed by atoms with van der Waals surface area (Å²) in [5, 5.41) is 0.906. The number of rotatable bonds is 5. The van der Waals surface area contributed by atoms with E-state index in [1.54, 1.807) is 38.6 Å². The molecule has 0 aliphatic carbocycles. The number of benzene rings is 2. The van der Waals surface area contributed by atoms with E-state index in [2.05, 4.69) is 4.90 Å². The van der Waals surface area contributed by atoms with Gasteiger partial charge in [-0.15, -0.1) is 0 Å². The molecule has 142 valence electrons. The van der Waals surface area contributed by atoms with Crippen molar-refractivity contribution in [3.8, 4) is 22.6 Å². The van der Waals surface area contributed by atoms with Crippen molar-refractivity contribution in [3.05, 3.63) is 42.1 Å². The molecule has 0 unspecified atom stereocenters. The second-order valence-corrected chi connectivity index (χ2v) is 8.73. The zero-order valence-electron chi connectivity index (χ0n) is 15.8. The first kappa shape index (κ1) is 17.9. The maximum Gasteiger partial charge on any atom is 0.268 e. The average Bonchev–Trinajstić information content (AvgIpc) is 3.03. The van der Waals surface area contributed by atoms with Crippen molar-refractivity contribution in [1.29, 1.82) is 0 Å². The second kappa shape index (κ2) is 6.28. The maximum atomic E-state index is 13.3. The van der Waals surface area contributed by atoms with E-state index in [0.29, 0.717) is 22.6 Å². The van der Waals surface area contributed by atoms with Gasteiger partial charge in [-0.25, -0.2) is 12.4 Å². The van der Waals surface area contributed by atoms with Crippen LogP contribution in [0.25, 0.3) is 22.0 Å². The van der Waals surface area contributed by atoms with Crippen LogP contribution in [0.15, 0.2) is 41.4 Å². The number of nitrogens with zero attached hydrogens (tertiary/aromatic N) is 2. The number of ether oxygens (including phenoxy) is 2. The molecule has 0 atom stereocenters. The summed E-state index contributed by atoms with van der Waals surface area (Å²) in [6, 6.07) is 8.87. The minimum Gasteiger partial charge on any atom is -0.497 e. The van der Waals surface area contributed by atoms with Gasteiger partial charge in [0, 0.05) is 29.3 Å². The number of methoxy groups -OCH3 is 2. The lowest BCUT2D eigenvalue weighted by Gasteiger charge is -2.21. The largest absolute Gasteiger partial charge is 0.497 e. The van der Waals surface area contributed by atoms with E-state index >= 15 is 0 Å². The van der Waals surface area contributed by atoms with Gasteiger partial charge in [0.15, 0.2) is 0 Å². The molecule has 1 aliphatic heterocycles. The summed E-state index contributed by atoms with van der Waals surface area (Å²) in [7, 11) is 3.53. The van der Waals surface area contributed by atoms with Gasteiger partial charge >= 0.3 is 0 Å². The minimum atomic E-state index is -3.66. The highest BCUT2D eigenvalue weighted by Crippen LogP contribution is 2.45. The topological polar surface area (TPSA) is 60.8 Å². The SMILES string of the molecule is COc1ccc2c(c1)-c1cc(OC)cc3c(CCN(C)C)cn(c13)S2(=O)=O. The molecular formula is C20H22N2O4S. The third-order valence-corrected chi connectivity index (χ3v) is 6.72. The van der Waals surface area contributed by atoms with Gasteiger partial charge in [0.25, 0.3) is 10.0 Å². The molecule has 7 heteroatoms. The summed E-state index contributed by atoms with van der Waals surface area (Å²) in [5.41, 5.74) is 3.17. The summed E-state index contributed by atoms with van der Waals surface area (Å²) in [5.74, 6) is 1.32. The summed E-state index contributed by atoms with van der Waals surface area (Å²) in [6.07, 6.45) is 2.50. The van der Waals surface area contributed by atoms with Gasteiger partial charge < -0.3 is 14.4 Å². The van der Waals surface area contributed by atoms with E-state index in [1.807, 2.05) is 26.2 Å². The lowest BCUT2D eigenvalue weighted by atomic mass is 10.00. The van der Waals surface area contributed by atoms with Crippen molar-refractivity contribution in [2.24, 2.45) is 0 Å². The third kappa shape index (κ3) is 2.69. The van der Waals surface area contributed by atoms with Crippen LogP contribution in [0.5, 0.6) is 11.5 Å². The van der Waals surface area contributed by atoms with Crippen molar-refractivity contribution in [3.63, 3.8) is 0 Å².